The van der Waals surface area contributed by atoms with Crippen molar-refractivity contribution in [1.82, 2.24) is 4.98 Å². The van der Waals surface area contributed by atoms with Crippen LogP contribution in [0.1, 0.15) is 32.4 Å². The molecular weight excluding hydrogens is 420 g/mol. The van der Waals surface area contributed by atoms with Crippen LogP contribution in [0.3, 0.4) is 0 Å². The Balaban J connectivity index is 1.79. The molecule has 29 heavy (non-hydrogen) atoms. The van der Waals surface area contributed by atoms with Crippen molar-refractivity contribution in [1.29, 1.82) is 0 Å². The molecule has 0 aliphatic heterocycles. The average molecular weight is 434 g/mol. The smallest absolute Gasteiger partial charge is 0.373 e. The number of hydrogen-bond acceptors (Lipinski definition) is 10. The molecule has 0 fully saturated rings. The van der Waals surface area contributed by atoms with Crippen molar-refractivity contribution in [2.45, 2.75) is 22.8 Å². The third-order valence-electron chi connectivity index (χ3n) is 3.58. The van der Waals surface area contributed by atoms with Gasteiger partial charge in [-0.15, -0.1) is 11.3 Å². The molecule has 2 heterocycles. The average Bonchev–Trinajstić information content (AvgIpc) is 3.34. The van der Waals surface area contributed by atoms with Crippen molar-refractivity contribution in [2.24, 2.45) is 0 Å². The zero-order valence-corrected chi connectivity index (χ0v) is 16.9. The molecule has 1 aromatic carbocycles. The van der Waals surface area contributed by atoms with Crippen LogP contribution in [0.5, 0.6) is 0 Å². The van der Waals surface area contributed by atoms with Crippen LogP contribution in [-0.2, 0) is 16.1 Å². The highest BCUT2D eigenvalue weighted by Crippen LogP contribution is 2.34. The van der Waals surface area contributed by atoms with Gasteiger partial charge in [0.05, 0.1) is 17.6 Å². The number of ether oxygens (including phenoxy) is 2. The molecular formula is C18H14N2O7S2. The lowest BCUT2D eigenvalue weighted by Gasteiger charge is -2.08. The van der Waals surface area contributed by atoms with Gasteiger partial charge in [0, 0.05) is 28.1 Å². The molecule has 0 N–H and O–H groups in total. The lowest BCUT2D eigenvalue weighted by atomic mass is 10.2. The minimum Gasteiger partial charge on any atom is -0.463 e. The summed E-state index contributed by atoms with van der Waals surface area (Å²) in [6.07, 6.45) is 0. The summed E-state index contributed by atoms with van der Waals surface area (Å²) in [5.41, 5.74) is 0.641. The number of nitrogens with zero attached hydrogens (tertiary/aromatic N) is 2. The number of non-ortho nitro benzene ring substituents is 1. The van der Waals surface area contributed by atoms with Crippen LogP contribution in [0.25, 0.3) is 0 Å². The molecule has 9 nitrogen and oxygen atoms in total. The maximum absolute atomic E-state index is 12.6. The van der Waals surface area contributed by atoms with Gasteiger partial charge in [-0.25, -0.2) is 14.6 Å². The maximum atomic E-state index is 12.6. The van der Waals surface area contributed by atoms with Gasteiger partial charge in [0.15, 0.2) is 4.34 Å². The standard InChI is InChI=1S/C18H14N2O7S2/c1-10-9-28-18(19-10)29-15-6-3-11(20(23)24)7-13(15)16(21)26-8-12-4-5-14(27-12)17(22)25-2/h3-7,9H,8H2,1-2H3. The van der Waals surface area contributed by atoms with Crippen LogP contribution in [0.4, 0.5) is 5.69 Å². The monoisotopic (exact) mass is 434 g/mol. The molecule has 2 aromatic heterocycles. The molecule has 150 valence electrons. The van der Waals surface area contributed by atoms with Crippen LogP contribution in [0.15, 0.2) is 49.4 Å². The van der Waals surface area contributed by atoms with Gasteiger partial charge in [0.1, 0.15) is 12.4 Å². The first kappa shape index (κ1) is 20.6. The van der Waals surface area contributed by atoms with Crippen molar-refractivity contribution in [3.8, 4) is 0 Å². The molecule has 11 heteroatoms. The molecule has 3 aromatic rings. The van der Waals surface area contributed by atoms with E-state index in [1.807, 2.05) is 12.3 Å². The number of rotatable bonds is 7. The van der Waals surface area contributed by atoms with Gasteiger partial charge in [0.25, 0.3) is 5.69 Å². The van der Waals surface area contributed by atoms with E-state index in [9.17, 15) is 19.7 Å². The topological polar surface area (TPSA) is 122 Å². The van der Waals surface area contributed by atoms with Gasteiger partial charge in [-0.3, -0.25) is 10.1 Å². The van der Waals surface area contributed by atoms with Gasteiger partial charge >= 0.3 is 11.9 Å². The van der Waals surface area contributed by atoms with Crippen molar-refractivity contribution in [3.63, 3.8) is 0 Å². The number of carbonyl (C=O) groups excluding carboxylic acids is 2. The highest BCUT2D eigenvalue weighted by molar-refractivity contribution is 8.01. The predicted molar refractivity (Wildman–Crippen MR) is 103 cm³/mol. The number of benzene rings is 1. The van der Waals surface area contributed by atoms with E-state index in [0.29, 0.717) is 9.24 Å². The van der Waals surface area contributed by atoms with Crippen LogP contribution in [0.2, 0.25) is 0 Å². The number of nitro benzene ring substituents is 1. The number of esters is 2. The second-order valence-electron chi connectivity index (χ2n) is 5.63. The van der Waals surface area contributed by atoms with Crippen molar-refractivity contribution in [2.75, 3.05) is 7.11 Å². The lowest BCUT2D eigenvalue weighted by molar-refractivity contribution is -0.384. The van der Waals surface area contributed by atoms with Crippen molar-refractivity contribution in [3.05, 3.63) is 68.6 Å². The van der Waals surface area contributed by atoms with Crippen LogP contribution in [-0.4, -0.2) is 29.0 Å². The predicted octanol–water partition coefficient (Wildman–Crippen LogP) is 4.25. The summed E-state index contributed by atoms with van der Waals surface area (Å²) in [6, 6.07) is 6.83. The van der Waals surface area contributed by atoms with Gasteiger partial charge in [-0.1, -0.05) is 11.8 Å². The van der Waals surface area contributed by atoms with E-state index in [1.165, 1.54) is 54.5 Å². The Morgan fingerprint density at radius 2 is 2.07 bits per heavy atom. The van der Waals surface area contributed by atoms with E-state index < -0.39 is 16.9 Å². The van der Waals surface area contributed by atoms with Crippen molar-refractivity contribution >= 4 is 40.7 Å². The maximum Gasteiger partial charge on any atom is 0.373 e. The minimum absolute atomic E-state index is 0.0238. The minimum atomic E-state index is -0.763. The lowest BCUT2D eigenvalue weighted by Crippen LogP contribution is -2.07. The largest absolute Gasteiger partial charge is 0.463 e. The summed E-state index contributed by atoms with van der Waals surface area (Å²) < 4.78 is 15.7. The molecule has 0 aliphatic rings. The number of aryl methyl sites for hydroxylation is 1. The van der Waals surface area contributed by atoms with E-state index >= 15 is 0 Å². The summed E-state index contributed by atoms with van der Waals surface area (Å²) >= 11 is 2.62. The zero-order chi connectivity index (χ0) is 21.0. The number of aromatic nitrogens is 1. The van der Waals surface area contributed by atoms with Gasteiger partial charge in [-0.2, -0.15) is 0 Å². The van der Waals surface area contributed by atoms with Gasteiger partial charge in [0.2, 0.25) is 5.76 Å². The Bertz CT molecular complexity index is 1070. The number of carbonyl (C=O) groups is 2. The summed E-state index contributed by atoms with van der Waals surface area (Å²) in [4.78, 5) is 39.3. The molecule has 0 bridgehead atoms. The number of nitro groups is 1. The van der Waals surface area contributed by atoms with E-state index in [1.54, 1.807) is 0 Å². The molecule has 0 saturated heterocycles. The molecule has 3 rings (SSSR count). The third kappa shape index (κ3) is 5.00. The molecule has 0 spiro atoms. The number of methoxy groups -OCH3 is 1. The number of thiazole rings is 1. The number of hydrogen-bond donors (Lipinski definition) is 0. The third-order valence-corrected chi connectivity index (χ3v) is 5.72. The molecule has 0 aliphatic carbocycles. The molecule has 0 atom stereocenters. The molecule has 0 saturated carbocycles. The van der Waals surface area contributed by atoms with Crippen LogP contribution < -0.4 is 0 Å². The zero-order valence-electron chi connectivity index (χ0n) is 15.2. The molecule has 0 unspecified atom stereocenters. The van der Waals surface area contributed by atoms with Gasteiger partial charge < -0.3 is 13.9 Å². The first-order valence-electron chi connectivity index (χ1n) is 8.10. The first-order valence-corrected chi connectivity index (χ1v) is 9.79. The summed E-state index contributed by atoms with van der Waals surface area (Å²) in [6.45, 7) is 1.59. The van der Waals surface area contributed by atoms with E-state index in [2.05, 4.69) is 9.72 Å². The Hall–Kier alpha value is -3.18. The van der Waals surface area contributed by atoms with E-state index in [4.69, 9.17) is 9.15 Å². The summed E-state index contributed by atoms with van der Waals surface area (Å²) in [5, 5.41) is 13.0. The first-order chi connectivity index (χ1) is 13.9. The summed E-state index contributed by atoms with van der Waals surface area (Å²) in [5.74, 6) is -1.21. The molecule has 0 amide bonds. The van der Waals surface area contributed by atoms with E-state index in [0.717, 1.165) is 11.8 Å². The fraction of sp³-hybridized carbons (Fsp3) is 0.167. The Morgan fingerprint density at radius 1 is 1.28 bits per heavy atom. The van der Waals surface area contributed by atoms with Crippen LogP contribution >= 0.6 is 23.1 Å². The van der Waals surface area contributed by atoms with E-state index in [-0.39, 0.29) is 29.4 Å². The van der Waals surface area contributed by atoms with Gasteiger partial charge in [-0.05, 0) is 25.1 Å². The Labute approximate surface area is 172 Å². The highest BCUT2D eigenvalue weighted by atomic mass is 32.2. The molecule has 0 radical (unpaired) electrons. The normalized spacial score (nSPS) is 10.6. The Kier molecular flexibility index (Phi) is 6.29. The fourth-order valence-electron chi connectivity index (χ4n) is 2.23. The highest BCUT2D eigenvalue weighted by Gasteiger charge is 2.20. The Morgan fingerprint density at radius 3 is 2.72 bits per heavy atom. The second-order valence-corrected chi connectivity index (χ2v) is 7.78. The second kappa shape index (κ2) is 8.88. The van der Waals surface area contributed by atoms with Crippen molar-refractivity contribution < 1.29 is 28.4 Å². The summed E-state index contributed by atoms with van der Waals surface area (Å²) in [7, 11) is 1.22. The fourth-order valence-corrected chi connectivity index (χ4v) is 4.13. The SMILES string of the molecule is COC(=O)c1ccc(COC(=O)c2cc([N+](=O)[O-])ccc2Sc2nc(C)cs2)o1. The van der Waals surface area contributed by atoms with Crippen LogP contribution in [0, 0.1) is 17.0 Å². The number of furan rings is 1. The quantitative estimate of drug-likeness (QED) is 0.305.